The van der Waals surface area contributed by atoms with E-state index in [1.54, 1.807) is 0 Å². The Kier molecular flexibility index (Phi) is 4.29. The summed E-state index contributed by atoms with van der Waals surface area (Å²) in [5, 5.41) is 10.7. The molecule has 0 heterocycles. The van der Waals surface area contributed by atoms with Crippen LogP contribution in [0.5, 0.6) is 0 Å². The molecule has 1 nitrogen and oxygen atoms in total. The van der Waals surface area contributed by atoms with Gasteiger partial charge in [-0.15, -0.1) is 0 Å². The Morgan fingerprint density at radius 3 is 2.05 bits per heavy atom. The fraction of sp³-hybridized carbons (Fsp3) is 0.368. The summed E-state index contributed by atoms with van der Waals surface area (Å²) >= 11 is 0. The van der Waals surface area contributed by atoms with Crippen molar-refractivity contribution < 1.29 is 5.11 Å². The molecule has 0 aliphatic rings. The summed E-state index contributed by atoms with van der Waals surface area (Å²) in [6.07, 6.45) is 0.288. The van der Waals surface area contributed by atoms with Gasteiger partial charge in [0.15, 0.2) is 0 Å². The molecule has 0 aromatic heterocycles. The molecular weight excluding hydrogens is 244 g/mol. The van der Waals surface area contributed by atoms with E-state index in [1.807, 2.05) is 18.2 Å². The average Bonchev–Trinajstić information content (AvgIpc) is 2.38. The fourth-order valence-corrected chi connectivity index (χ4v) is 2.73. The standard InChI is InChI=1S/C19H24O/c1-14-10-15(2)12-16(11-14)13-18(20)19(3,4)17-8-6-5-7-9-17/h5-12,18,20H,13H2,1-4H3. The lowest BCUT2D eigenvalue weighted by molar-refractivity contribution is 0.1000. The second-order valence-corrected chi connectivity index (χ2v) is 6.30. The van der Waals surface area contributed by atoms with E-state index in [2.05, 4.69) is 58.0 Å². The Morgan fingerprint density at radius 2 is 1.50 bits per heavy atom. The third kappa shape index (κ3) is 3.29. The van der Waals surface area contributed by atoms with Gasteiger partial charge in [-0.25, -0.2) is 0 Å². The van der Waals surface area contributed by atoms with Gasteiger partial charge in [-0.1, -0.05) is 73.5 Å². The maximum Gasteiger partial charge on any atom is 0.0671 e. The summed E-state index contributed by atoms with van der Waals surface area (Å²) in [5.74, 6) is 0. The molecule has 0 saturated carbocycles. The first-order valence-corrected chi connectivity index (χ1v) is 7.20. The highest BCUT2D eigenvalue weighted by molar-refractivity contribution is 5.31. The highest BCUT2D eigenvalue weighted by Crippen LogP contribution is 2.29. The molecule has 0 fully saturated rings. The van der Waals surface area contributed by atoms with E-state index in [1.165, 1.54) is 22.3 Å². The van der Waals surface area contributed by atoms with Crippen LogP contribution in [0, 0.1) is 13.8 Å². The molecule has 20 heavy (non-hydrogen) atoms. The van der Waals surface area contributed by atoms with Gasteiger partial charge in [-0.05, 0) is 31.4 Å². The zero-order valence-electron chi connectivity index (χ0n) is 12.9. The predicted octanol–water partition coefficient (Wildman–Crippen LogP) is 4.18. The van der Waals surface area contributed by atoms with Crippen LogP contribution in [0.1, 0.15) is 36.1 Å². The zero-order chi connectivity index (χ0) is 14.8. The number of rotatable bonds is 4. The van der Waals surface area contributed by atoms with Crippen LogP contribution < -0.4 is 0 Å². The SMILES string of the molecule is Cc1cc(C)cc(CC(O)C(C)(C)c2ccccc2)c1. The zero-order valence-corrected chi connectivity index (χ0v) is 12.9. The first-order valence-electron chi connectivity index (χ1n) is 7.20. The van der Waals surface area contributed by atoms with E-state index >= 15 is 0 Å². The van der Waals surface area contributed by atoms with Gasteiger partial charge in [0.05, 0.1) is 6.10 Å². The van der Waals surface area contributed by atoms with Crippen molar-refractivity contribution in [2.24, 2.45) is 0 Å². The van der Waals surface area contributed by atoms with Crippen LogP contribution in [-0.4, -0.2) is 11.2 Å². The average molecular weight is 268 g/mol. The van der Waals surface area contributed by atoms with Gasteiger partial charge in [-0.2, -0.15) is 0 Å². The van der Waals surface area contributed by atoms with Gasteiger partial charge >= 0.3 is 0 Å². The van der Waals surface area contributed by atoms with Crippen LogP contribution in [-0.2, 0) is 11.8 Å². The summed E-state index contributed by atoms with van der Waals surface area (Å²) < 4.78 is 0. The van der Waals surface area contributed by atoms with Crippen molar-refractivity contribution in [3.8, 4) is 0 Å². The van der Waals surface area contributed by atoms with Crippen molar-refractivity contribution in [3.63, 3.8) is 0 Å². The molecule has 106 valence electrons. The van der Waals surface area contributed by atoms with Crippen molar-refractivity contribution in [1.82, 2.24) is 0 Å². The van der Waals surface area contributed by atoms with Crippen LogP contribution in [0.2, 0.25) is 0 Å². The molecule has 0 radical (unpaired) electrons. The number of aryl methyl sites for hydroxylation is 2. The van der Waals surface area contributed by atoms with Crippen LogP contribution in [0.15, 0.2) is 48.5 Å². The fourth-order valence-electron chi connectivity index (χ4n) is 2.73. The number of hydrogen-bond donors (Lipinski definition) is 1. The van der Waals surface area contributed by atoms with Gasteiger partial charge in [0.2, 0.25) is 0 Å². The lowest BCUT2D eigenvalue weighted by Gasteiger charge is -2.31. The Balaban J connectivity index is 2.21. The monoisotopic (exact) mass is 268 g/mol. The Hall–Kier alpha value is -1.60. The van der Waals surface area contributed by atoms with Crippen LogP contribution in [0.3, 0.4) is 0 Å². The molecular formula is C19H24O. The number of hydrogen-bond acceptors (Lipinski definition) is 1. The lowest BCUT2D eigenvalue weighted by Crippen LogP contribution is -2.35. The van der Waals surface area contributed by atoms with Crippen molar-refractivity contribution >= 4 is 0 Å². The Bertz CT molecular complexity index is 549. The molecule has 2 rings (SSSR count). The summed E-state index contributed by atoms with van der Waals surface area (Å²) in [7, 11) is 0. The van der Waals surface area contributed by atoms with Crippen molar-refractivity contribution in [3.05, 3.63) is 70.8 Å². The second-order valence-electron chi connectivity index (χ2n) is 6.30. The molecule has 1 N–H and O–H groups in total. The largest absolute Gasteiger partial charge is 0.392 e. The molecule has 1 atom stereocenters. The van der Waals surface area contributed by atoms with Crippen molar-refractivity contribution in [1.29, 1.82) is 0 Å². The maximum absolute atomic E-state index is 10.7. The molecule has 2 aromatic rings. The molecule has 0 spiro atoms. The maximum atomic E-state index is 10.7. The topological polar surface area (TPSA) is 20.2 Å². The highest BCUT2D eigenvalue weighted by atomic mass is 16.3. The minimum atomic E-state index is -0.397. The van der Waals surface area contributed by atoms with Gasteiger partial charge in [-0.3, -0.25) is 0 Å². The Morgan fingerprint density at radius 1 is 0.950 bits per heavy atom. The lowest BCUT2D eigenvalue weighted by atomic mass is 9.77. The predicted molar refractivity (Wildman–Crippen MR) is 85.1 cm³/mol. The van der Waals surface area contributed by atoms with Gasteiger partial charge < -0.3 is 5.11 Å². The van der Waals surface area contributed by atoms with E-state index in [0.717, 1.165) is 0 Å². The Labute approximate surface area is 122 Å². The van der Waals surface area contributed by atoms with Crippen LogP contribution >= 0.6 is 0 Å². The molecule has 0 saturated heterocycles. The number of aliphatic hydroxyl groups is 1. The van der Waals surface area contributed by atoms with Crippen LogP contribution in [0.25, 0.3) is 0 Å². The first kappa shape index (κ1) is 14.8. The van der Waals surface area contributed by atoms with E-state index in [0.29, 0.717) is 6.42 Å². The number of benzene rings is 2. The summed E-state index contributed by atoms with van der Waals surface area (Å²) in [6, 6.07) is 16.7. The highest BCUT2D eigenvalue weighted by Gasteiger charge is 2.29. The van der Waals surface area contributed by atoms with Gasteiger partial charge in [0, 0.05) is 5.41 Å². The molecule has 0 aliphatic heterocycles. The number of aliphatic hydroxyl groups excluding tert-OH is 1. The molecule has 2 aromatic carbocycles. The quantitative estimate of drug-likeness (QED) is 0.881. The first-order chi connectivity index (χ1) is 9.39. The molecule has 0 bridgehead atoms. The third-order valence-corrected chi connectivity index (χ3v) is 4.06. The summed E-state index contributed by atoms with van der Waals surface area (Å²) in [5.41, 5.74) is 4.64. The second kappa shape index (κ2) is 5.80. The van der Waals surface area contributed by atoms with E-state index < -0.39 is 6.10 Å². The third-order valence-electron chi connectivity index (χ3n) is 4.06. The molecule has 0 amide bonds. The van der Waals surface area contributed by atoms with E-state index in [-0.39, 0.29) is 5.41 Å². The van der Waals surface area contributed by atoms with Crippen molar-refractivity contribution in [2.75, 3.05) is 0 Å². The van der Waals surface area contributed by atoms with Gasteiger partial charge in [0.25, 0.3) is 0 Å². The smallest absolute Gasteiger partial charge is 0.0671 e. The molecule has 1 unspecified atom stereocenters. The minimum Gasteiger partial charge on any atom is -0.392 e. The molecule has 0 aliphatic carbocycles. The normalized spacial score (nSPS) is 13.2. The summed E-state index contributed by atoms with van der Waals surface area (Å²) in [6.45, 7) is 8.42. The van der Waals surface area contributed by atoms with E-state index in [9.17, 15) is 5.11 Å². The van der Waals surface area contributed by atoms with E-state index in [4.69, 9.17) is 0 Å². The van der Waals surface area contributed by atoms with Crippen molar-refractivity contribution in [2.45, 2.75) is 45.6 Å². The molecule has 1 heteroatoms. The van der Waals surface area contributed by atoms with Gasteiger partial charge in [0.1, 0.15) is 0 Å². The summed E-state index contributed by atoms with van der Waals surface area (Å²) in [4.78, 5) is 0. The minimum absolute atomic E-state index is 0.251. The van der Waals surface area contributed by atoms with Crippen LogP contribution in [0.4, 0.5) is 0 Å².